The van der Waals surface area contributed by atoms with E-state index in [0.29, 0.717) is 0 Å². The molecule has 0 aromatic rings. The van der Waals surface area contributed by atoms with Crippen molar-refractivity contribution in [2.24, 2.45) is 5.92 Å². The van der Waals surface area contributed by atoms with Crippen LogP contribution in [0.15, 0.2) is 0 Å². The van der Waals surface area contributed by atoms with E-state index in [-0.39, 0.29) is 0 Å². The number of ether oxygens (including phenoxy) is 1. The fourth-order valence-corrected chi connectivity index (χ4v) is 2.10. The van der Waals surface area contributed by atoms with Gasteiger partial charge < -0.3 is 10.1 Å². The van der Waals surface area contributed by atoms with Crippen molar-refractivity contribution < 1.29 is 4.74 Å². The normalized spacial score (nSPS) is 22.4. The third-order valence-electron chi connectivity index (χ3n) is 2.41. The summed E-state index contributed by atoms with van der Waals surface area (Å²) < 4.78 is 5.55. The van der Waals surface area contributed by atoms with Gasteiger partial charge in [0.25, 0.3) is 0 Å². The van der Waals surface area contributed by atoms with Gasteiger partial charge in [-0.25, -0.2) is 0 Å². The van der Waals surface area contributed by atoms with Gasteiger partial charge in [0.1, 0.15) is 0 Å². The summed E-state index contributed by atoms with van der Waals surface area (Å²) in [7, 11) is 0. The van der Waals surface area contributed by atoms with Crippen LogP contribution in [0.1, 0.15) is 19.8 Å². The van der Waals surface area contributed by atoms with Gasteiger partial charge in [-0.15, -0.1) is 0 Å². The third-order valence-corrected chi connectivity index (χ3v) is 3.27. The van der Waals surface area contributed by atoms with Gasteiger partial charge >= 0.3 is 0 Å². The fourth-order valence-electron chi connectivity index (χ4n) is 1.58. The number of hydrogen-bond acceptors (Lipinski definition) is 3. The Balaban J connectivity index is 1.78. The maximum atomic E-state index is 5.55. The van der Waals surface area contributed by atoms with E-state index in [1.807, 2.05) is 11.8 Å². The van der Waals surface area contributed by atoms with Crippen LogP contribution in [-0.2, 0) is 4.74 Å². The second kappa shape index (κ2) is 7.65. The second-order valence-electron chi connectivity index (χ2n) is 3.46. The quantitative estimate of drug-likeness (QED) is 0.637. The zero-order valence-electron chi connectivity index (χ0n) is 8.55. The first kappa shape index (κ1) is 11.3. The van der Waals surface area contributed by atoms with E-state index in [1.54, 1.807) is 0 Å². The smallest absolute Gasteiger partial charge is 0.0556 e. The minimum absolute atomic E-state index is 0.874. The Labute approximate surface area is 85.8 Å². The van der Waals surface area contributed by atoms with E-state index < -0.39 is 0 Å². The molecule has 0 aliphatic carbocycles. The first-order valence-corrected chi connectivity index (χ1v) is 6.45. The Morgan fingerprint density at radius 2 is 2.38 bits per heavy atom. The Morgan fingerprint density at radius 3 is 3.08 bits per heavy atom. The Kier molecular flexibility index (Phi) is 6.68. The van der Waals surface area contributed by atoms with Gasteiger partial charge in [-0.05, 0) is 37.6 Å². The first-order valence-electron chi connectivity index (χ1n) is 5.29. The SMILES string of the molecule is CCSCCOCCC1CCNC1. The van der Waals surface area contributed by atoms with E-state index in [0.717, 1.165) is 24.9 Å². The van der Waals surface area contributed by atoms with Crippen LogP contribution in [0.2, 0.25) is 0 Å². The average Bonchev–Trinajstić information content (AvgIpc) is 2.63. The van der Waals surface area contributed by atoms with Gasteiger partial charge in [-0.1, -0.05) is 6.92 Å². The molecular formula is C10H21NOS. The molecule has 1 fully saturated rings. The molecule has 0 spiro atoms. The van der Waals surface area contributed by atoms with E-state index in [4.69, 9.17) is 4.74 Å². The number of nitrogens with one attached hydrogen (secondary N) is 1. The van der Waals surface area contributed by atoms with E-state index in [2.05, 4.69) is 12.2 Å². The highest BCUT2D eigenvalue weighted by Crippen LogP contribution is 2.11. The van der Waals surface area contributed by atoms with Crippen LogP contribution in [-0.4, -0.2) is 37.8 Å². The van der Waals surface area contributed by atoms with Crippen LogP contribution in [0.25, 0.3) is 0 Å². The molecule has 0 bridgehead atoms. The summed E-state index contributed by atoms with van der Waals surface area (Å²) >= 11 is 1.95. The molecule has 0 aromatic carbocycles. The fraction of sp³-hybridized carbons (Fsp3) is 1.00. The van der Waals surface area contributed by atoms with E-state index in [9.17, 15) is 0 Å². The van der Waals surface area contributed by atoms with Gasteiger partial charge in [0.05, 0.1) is 6.61 Å². The molecule has 1 heterocycles. The molecule has 0 amide bonds. The molecule has 1 unspecified atom stereocenters. The molecule has 3 heteroatoms. The standard InChI is InChI=1S/C10H21NOS/c1-2-13-8-7-12-6-4-10-3-5-11-9-10/h10-11H,2-9H2,1H3. The van der Waals surface area contributed by atoms with E-state index >= 15 is 0 Å². The van der Waals surface area contributed by atoms with Crippen LogP contribution in [0, 0.1) is 5.92 Å². The highest BCUT2D eigenvalue weighted by molar-refractivity contribution is 7.99. The van der Waals surface area contributed by atoms with Crippen LogP contribution in [0.5, 0.6) is 0 Å². The van der Waals surface area contributed by atoms with Crippen LogP contribution in [0.4, 0.5) is 0 Å². The molecule has 1 saturated heterocycles. The predicted molar refractivity (Wildman–Crippen MR) is 59.4 cm³/mol. The molecule has 2 nitrogen and oxygen atoms in total. The summed E-state index contributed by atoms with van der Waals surface area (Å²) in [6.45, 7) is 6.48. The van der Waals surface area contributed by atoms with Gasteiger partial charge in [-0.3, -0.25) is 0 Å². The lowest BCUT2D eigenvalue weighted by Gasteiger charge is -2.08. The van der Waals surface area contributed by atoms with Crippen LogP contribution < -0.4 is 5.32 Å². The minimum Gasteiger partial charge on any atom is -0.381 e. The Bertz CT molecular complexity index is 115. The lowest BCUT2D eigenvalue weighted by Crippen LogP contribution is -2.11. The topological polar surface area (TPSA) is 21.3 Å². The number of rotatable bonds is 7. The average molecular weight is 203 g/mol. The summed E-state index contributed by atoms with van der Waals surface area (Å²) in [5.74, 6) is 3.23. The zero-order valence-corrected chi connectivity index (χ0v) is 9.37. The summed E-state index contributed by atoms with van der Waals surface area (Å²) in [6, 6.07) is 0. The molecule has 1 aliphatic rings. The van der Waals surface area contributed by atoms with Gasteiger partial charge in [-0.2, -0.15) is 11.8 Å². The maximum Gasteiger partial charge on any atom is 0.0556 e. The van der Waals surface area contributed by atoms with Crippen molar-refractivity contribution in [1.82, 2.24) is 5.32 Å². The summed E-state index contributed by atoms with van der Waals surface area (Å²) in [5.41, 5.74) is 0. The molecule has 1 atom stereocenters. The molecule has 1 rings (SSSR count). The lowest BCUT2D eigenvalue weighted by molar-refractivity contribution is 0.136. The van der Waals surface area contributed by atoms with E-state index in [1.165, 1.54) is 31.7 Å². The highest BCUT2D eigenvalue weighted by atomic mass is 32.2. The molecule has 78 valence electrons. The molecule has 0 radical (unpaired) electrons. The zero-order chi connectivity index (χ0) is 9.36. The molecule has 0 saturated carbocycles. The van der Waals surface area contributed by atoms with Crippen LogP contribution in [0.3, 0.4) is 0 Å². The molecule has 0 aromatic heterocycles. The second-order valence-corrected chi connectivity index (χ2v) is 4.85. The van der Waals surface area contributed by atoms with Gasteiger partial charge in [0.2, 0.25) is 0 Å². The van der Waals surface area contributed by atoms with Gasteiger partial charge in [0, 0.05) is 12.4 Å². The van der Waals surface area contributed by atoms with Crippen molar-refractivity contribution in [1.29, 1.82) is 0 Å². The number of thioether (sulfide) groups is 1. The van der Waals surface area contributed by atoms with Crippen molar-refractivity contribution in [3.8, 4) is 0 Å². The lowest BCUT2D eigenvalue weighted by atomic mass is 10.1. The Morgan fingerprint density at radius 1 is 1.46 bits per heavy atom. The Hall–Kier alpha value is 0.270. The van der Waals surface area contributed by atoms with Crippen molar-refractivity contribution in [2.45, 2.75) is 19.8 Å². The monoisotopic (exact) mass is 203 g/mol. The highest BCUT2D eigenvalue weighted by Gasteiger charge is 2.13. The molecule has 13 heavy (non-hydrogen) atoms. The molecular weight excluding hydrogens is 182 g/mol. The van der Waals surface area contributed by atoms with Crippen molar-refractivity contribution >= 4 is 11.8 Å². The first-order chi connectivity index (χ1) is 6.43. The maximum absolute atomic E-state index is 5.55. The summed E-state index contributed by atoms with van der Waals surface area (Å²) in [5, 5.41) is 3.37. The molecule has 1 aliphatic heterocycles. The summed E-state index contributed by atoms with van der Waals surface area (Å²) in [6.07, 6.45) is 2.58. The van der Waals surface area contributed by atoms with Crippen molar-refractivity contribution in [3.05, 3.63) is 0 Å². The summed E-state index contributed by atoms with van der Waals surface area (Å²) in [4.78, 5) is 0. The largest absolute Gasteiger partial charge is 0.381 e. The minimum atomic E-state index is 0.874. The number of hydrogen-bond donors (Lipinski definition) is 1. The van der Waals surface area contributed by atoms with Crippen molar-refractivity contribution in [3.63, 3.8) is 0 Å². The van der Waals surface area contributed by atoms with Crippen molar-refractivity contribution in [2.75, 3.05) is 37.8 Å². The third kappa shape index (κ3) is 5.55. The van der Waals surface area contributed by atoms with Crippen LogP contribution >= 0.6 is 11.8 Å². The molecule has 1 N–H and O–H groups in total. The predicted octanol–water partition coefficient (Wildman–Crippen LogP) is 1.76. The van der Waals surface area contributed by atoms with Gasteiger partial charge in [0.15, 0.2) is 0 Å².